The zero-order valence-electron chi connectivity index (χ0n) is 17.7. The Morgan fingerprint density at radius 2 is 1.81 bits per heavy atom. The van der Waals surface area contributed by atoms with Crippen LogP contribution in [0.2, 0.25) is 0 Å². The molecule has 0 N–H and O–H groups in total. The summed E-state index contributed by atoms with van der Waals surface area (Å²) in [6.45, 7) is 0.703. The van der Waals surface area contributed by atoms with Gasteiger partial charge in [-0.05, 0) is 65.4 Å². The van der Waals surface area contributed by atoms with E-state index in [0.29, 0.717) is 18.4 Å². The van der Waals surface area contributed by atoms with Gasteiger partial charge < -0.3 is 9.30 Å². The first kappa shape index (κ1) is 19.0. The van der Waals surface area contributed by atoms with Crippen LogP contribution in [-0.2, 0) is 13.6 Å². The standard InChI is InChI=1S/C24H24BrN5O/c1-29-21(16-7-8-16)22(25)27-24(29)19-11-17-13-30(12-14-3-9-18(31-2)10-4-14)28-23(17)26-20(19)15-5-6-15/h3-4,9-11,13,15-16H,5-8,12H2,1-2H3. The Hall–Kier alpha value is -2.67. The minimum absolute atomic E-state index is 0.519. The van der Waals surface area contributed by atoms with Crippen LogP contribution in [0.1, 0.15) is 54.5 Å². The summed E-state index contributed by atoms with van der Waals surface area (Å²) in [5, 5.41) is 5.83. The van der Waals surface area contributed by atoms with Crippen molar-refractivity contribution in [3.05, 3.63) is 58.1 Å². The van der Waals surface area contributed by atoms with Crippen LogP contribution >= 0.6 is 15.9 Å². The lowest BCUT2D eigenvalue weighted by Crippen LogP contribution is -2.02. The summed E-state index contributed by atoms with van der Waals surface area (Å²) in [4.78, 5) is 9.93. The second kappa shape index (κ2) is 7.19. The fourth-order valence-corrected chi connectivity index (χ4v) is 5.14. The Labute approximate surface area is 189 Å². The minimum Gasteiger partial charge on any atom is -0.497 e. The lowest BCUT2D eigenvalue weighted by atomic mass is 10.1. The molecule has 0 unspecified atom stereocenters. The van der Waals surface area contributed by atoms with Crippen molar-refractivity contribution in [3.8, 4) is 17.1 Å². The molecule has 2 aliphatic rings. The molecule has 0 atom stereocenters. The van der Waals surface area contributed by atoms with E-state index < -0.39 is 0 Å². The summed E-state index contributed by atoms with van der Waals surface area (Å²) in [5.41, 5.74) is 5.60. The third-order valence-electron chi connectivity index (χ3n) is 6.34. The molecule has 3 aromatic heterocycles. The van der Waals surface area contributed by atoms with Crippen molar-refractivity contribution in [1.29, 1.82) is 0 Å². The third kappa shape index (κ3) is 3.45. The van der Waals surface area contributed by atoms with Crippen molar-refractivity contribution in [2.24, 2.45) is 7.05 Å². The van der Waals surface area contributed by atoms with Crippen LogP contribution in [0.15, 0.2) is 41.1 Å². The fraction of sp³-hybridized carbons (Fsp3) is 0.375. The van der Waals surface area contributed by atoms with Gasteiger partial charge in [-0.2, -0.15) is 5.10 Å². The topological polar surface area (TPSA) is 57.8 Å². The van der Waals surface area contributed by atoms with Crippen molar-refractivity contribution in [3.63, 3.8) is 0 Å². The predicted octanol–water partition coefficient (Wildman–Crippen LogP) is 5.41. The van der Waals surface area contributed by atoms with Crippen molar-refractivity contribution < 1.29 is 4.74 Å². The normalized spacial score (nSPS) is 16.2. The first-order valence-corrected chi connectivity index (χ1v) is 11.6. The van der Waals surface area contributed by atoms with Gasteiger partial charge in [0.25, 0.3) is 0 Å². The van der Waals surface area contributed by atoms with Crippen LogP contribution in [0.25, 0.3) is 22.4 Å². The maximum absolute atomic E-state index is 5.26. The van der Waals surface area contributed by atoms with E-state index >= 15 is 0 Å². The van der Waals surface area contributed by atoms with Gasteiger partial charge in [-0.25, -0.2) is 9.97 Å². The monoisotopic (exact) mass is 477 g/mol. The molecule has 0 spiro atoms. The van der Waals surface area contributed by atoms with Gasteiger partial charge in [-0.3, -0.25) is 4.68 Å². The number of halogens is 1. The first-order chi connectivity index (χ1) is 15.1. The highest BCUT2D eigenvalue weighted by molar-refractivity contribution is 9.10. The SMILES string of the molecule is COc1ccc(Cn2cc3cc(-c4nc(Br)c(C5CC5)n4C)c(C4CC4)nc3n2)cc1. The summed E-state index contributed by atoms with van der Waals surface area (Å²) in [6.07, 6.45) is 6.98. The Morgan fingerprint density at radius 1 is 1.06 bits per heavy atom. The summed E-state index contributed by atoms with van der Waals surface area (Å²) >= 11 is 3.71. The van der Waals surface area contributed by atoms with E-state index in [2.05, 4.69) is 51.9 Å². The number of nitrogens with zero attached hydrogens (tertiary/aromatic N) is 5. The number of aromatic nitrogens is 5. The molecule has 3 heterocycles. The fourth-order valence-electron chi connectivity index (χ4n) is 4.38. The average Bonchev–Trinajstić information content (AvgIpc) is 3.70. The van der Waals surface area contributed by atoms with E-state index in [1.54, 1.807) is 7.11 Å². The number of benzene rings is 1. The van der Waals surface area contributed by atoms with Gasteiger partial charge in [0.2, 0.25) is 0 Å². The molecule has 2 aliphatic carbocycles. The molecular weight excluding hydrogens is 454 g/mol. The van der Waals surface area contributed by atoms with Gasteiger partial charge in [0.15, 0.2) is 5.65 Å². The van der Waals surface area contributed by atoms with Crippen LogP contribution in [0.5, 0.6) is 5.75 Å². The summed E-state index contributed by atoms with van der Waals surface area (Å²) in [6, 6.07) is 10.3. The summed E-state index contributed by atoms with van der Waals surface area (Å²) in [5.74, 6) is 3.02. The number of ether oxygens (including phenoxy) is 1. The van der Waals surface area contributed by atoms with Gasteiger partial charge in [0, 0.05) is 36.0 Å². The summed E-state index contributed by atoms with van der Waals surface area (Å²) < 4.78 is 10.5. The zero-order valence-corrected chi connectivity index (χ0v) is 19.3. The smallest absolute Gasteiger partial charge is 0.181 e. The summed E-state index contributed by atoms with van der Waals surface area (Å²) in [7, 11) is 3.82. The number of pyridine rings is 1. The molecule has 0 bridgehead atoms. The zero-order chi connectivity index (χ0) is 21.1. The highest BCUT2D eigenvalue weighted by Crippen LogP contribution is 2.47. The Balaban J connectivity index is 1.40. The number of fused-ring (bicyclic) bond motifs is 1. The Bertz CT molecular complexity index is 1280. The quantitative estimate of drug-likeness (QED) is 0.372. The van der Waals surface area contributed by atoms with E-state index in [0.717, 1.165) is 38.5 Å². The highest BCUT2D eigenvalue weighted by atomic mass is 79.9. The number of rotatable bonds is 6. The maximum atomic E-state index is 5.26. The molecule has 0 aliphatic heterocycles. The molecule has 0 radical (unpaired) electrons. The first-order valence-electron chi connectivity index (χ1n) is 10.8. The van der Waals surface area contributed by atoms with E-state index in [-0.39, 0.29) is 0 Å². The molecule has 6 rings (SSSR count). The lowest BCUT2D eigenvalue weighted by Gasteiger charge is -2.09. The maximum Gasteiger partial charge on any atom is 0.181 e. The molecule has 31 heavy (non-hydrogen) atoms. The van der Waals surface area contributed by atoms with Crippen LogP contribution in [0.3, 0.4) is 0 Å². The Morgan fingerprint density at radius 3 is 2.48 bits per heavy atom. The molecular formula is C24H24BrN5O. The predicted molar refractivity (Wildman–Crippen MR) is 123 cm³/mol. The average molecular weight is 478 g/mol. The molecule has 1 aromatic carbocycles. The van der Waals surface area contributed by atoms with Gasteiger partial charge >= 0.3 is 0 Å². The lowest BCUT2D eigenvalue weighted by molar-refractivity contribution is 0.414. The third-order valence-corrected chi connectivity index (χ3v) is 6.92. The molecule has 4 aromatic rings. The number of hydrogen-bond acceptors (Lipinski definition) is 4. The van der Waals surface area contributed by atoms with Crippen LogP contribution in [-0.4, -0.2) is 31.4 Å². The van der Waals surface area contributed by atoms with Crippen molar-refractivity contribution >= 4 is 27.0 Å². The van der Waals surface area contributed by atoms with Gasteiger partial charge in [0.05, 0.1) is 25.0 Å². The second-order valence-corrected chi connectivity index (χ2v) is 9.48. The molecule has 0 saturated heterocycles. The van der Waals surface area contributed by atoms with Crippen LogP contribution in [0.4, 0.5) is 0 Å². The molecule has 2 fully saturated rings. The second-order valence-electron chi connectivity index (χ2n) is 8.73. The number of methoxy groups -OCH3 is 1. The van der Waals surface area contributed by atoms with Gasteiger partial charge in [-0.1, -0.05) is 12.1 Å². The van der Waals surface area contributed by atoms with E-state index in [4.69, 9.17) is 19.8 Å². The number of hydrogen-bond donors (Lipinski definition) is 0. The minimum atomic E-state index is 0.519. The molecule has 2 saturated carbocycles. The highest BCUT2D eigenvalue weighted by Gasteiger charge is 2.34. The van der Waals surface area contributed by atoms with Crippen LogP contribution in [0, 0.1) is 0 Å². The van der Waals surface area contributed by atoms with Gasteiger partial charge in [0.1, 0.15) is 16.2 Å². The van der Waals surface area contributed by atoms with Crippen molar-refractivity contribution in [2.75, 3.05) is 7.11 Å². The molecule has 158 valence electrons. The Kier molecular flexibility index (Phi) is 4.42. The van der Waals surface area contributed by atoms with Crippen molar-refractivity contribution in [1.82, 2.24) is 24.3 Å². The molecule has 7 heteroatoms. The van der Waals surface area contributed by atoms with E-state index in [9.17, 15) is 0 Å². The van der Waals surface area contributed by atoms with E-state index in [1.165, 1.54) is 36.9 Å². The van der Waals surface area contributed by atoms with E-state index in [1.807, 2.05) is 16.8 Å². The van der Waals surface area contributed by atoms with Gasteiger partial charge in [-0.15, -0.1) is 0 Å². The largest absolute Gasteiger partial charge is 0.497 e. The molecule has 0 amide bonds. The number of imidazole rings is 1. The van der Waals surface area contributed by atoms with Crippen molar-refractivity contribution in [2.45, 2.75) is 44.1 Å². The molecule has 6 nitrogen and oxygen atoms in total. The van der Waals surface area contributed by atoms with Crippen LogP contribution < -0.4 is 4.74 Å².